The molecule has 47 heavy (non-hydrogen) atoms. The number of amidine groups is 1. The molecule has 0 aliphatic carbocycles. The molecule has 12 nitrogen and oxygen atoms in total. The number of ether oxygens (including phenoxy) is 2. The fourth-order valence-electron chi connectivity index (χ4n) is 4.67. The lowest BCUT2D eigenvalue weighted by Gasteiger charge is -2.23. The van der Waals surface area contributed by atoms with Gasteiger partial charge in [0.25, 0.3) is 5.91 Å². The number of rotatable bonds is 17. The number of aryl methyl sites for hydroxylation is 1. The third kappa shape index (κ3) is 10.9. The summed E-state index contributed by atoms with van der Waals surface area (Å²) in [4.78, 5) is 43.8. The Bertz CT molecular complexity index is 1610. The second-order valence-corrected chi connectivity index (χ2v) is 10.7. The van der Waals surface area contributed by atoms with Crippen LogP contribution in [-0.4, -0.2) is 58.0 Å². The number of amides is 2. The highest BCUT2D eigenvalue weighted by atomic mass is 16.5. The van der Waals surface area contributed by atoms with Gasteiger partial charge in [0.2, 0.25) is 0 Å². The lowest BCUT2D eigenvalue weighted by molar-refractivity contribution is -0.143. The zero-order valence-electron chi connectivity index (χ0n) is 27.4. The molecule has 0 atom stereocenters. The van der Waals surface area contributed by atoms with Gasteiger partial charge in [-0.1, -0.05) is 38.8 Å². The zero-order chi connectivity index (χ0) is 34.2. The van der Waals surface area contributed by atoms with Crippen molar-refractivity contribution < 1.29 is 23.9 Å². The maximum atomic E-state index is 13.6. The quantitative estimate of drug-likeness (QED) is 0.0474. The summed E-state index contributed by atoms with van der Waals surface area (Å²) in [6.45, 7) is 8.94. The van der Waals surface area contributed by atoms with Gasteiger partial charge in [-0.2, -0.15) is 0 Å². The molecule has 0 bridgehead atoms. The standard InChI is InChI=1S/C35H45N7O5/c1-5-7-8-11-22-47-35(45)40-33(37)26-13-16-28(17-14-26)38-24-31-39-29-23-27(15-18-30(29)41(31)4)34(44)42(21-19-32(43)46-6-2)25(3)12-9-10-20-36/h9-10,12-18,20,23,38H,3,5-8,11,19,21-22,24,36H2,1-2,4H3,(H2,37,40,45)/b12-9-,20-10-. The van der Waals surface area contributed by atoms with E-state index in [4.69, 9.17) is 25.6 Å². The number of alkyl carbamates (subject to hydrolysis) is 1. The summed E-state index contributed by atoms with van der Waals surface area (Å²) in [6, 6.07) is 12.4. The number of aromatic nitrogens is 2. The summed E-state index contributed by atoms with van der Waals surface area (Å²) in [5, 5.41) is 14.0. The second kappa shape index (κ2) is 18.5. The molecule has 0 spiro atoms. The minimum Gasteiger partial charge on any atom is -0.466 e. The van der Waals surface area contributed by atoms with Crippen LogP contribution in [0.25, 0.3) is 11.0 Å². The molecule has 1 aromatic heterocycles. The van der Waals surface area contributed by atoms with Gasteiger partial charge in [-0.05, 0) is 74.2 Å². The van der Waals surface area contributed by atoms with E-state index in [1.807, 2.05) is 29.8 Å². The van der Waals surface area contributed by atoms with E-state index in [9.17, 15) is 14.4 Å². The van der Waals surface area contributed by atoms with Crippen LogP contribution in [0.5, 0.6) is 0 Å². The molecule has 0 aliphatic rings. The van der Waals surface area contributed by atoms with E-state index in [-0.39, 0.29) is 31.3 Å². The van der Waals surface area contributed by atoms with Crippen LogP contribution in [-0.2, 0) is 27.9 Å². The van der Waals surface area contributed by atoms with Crippen molar-refractivity contribution in [3.8, 4) is 0 Å². The number of nitrogens with zero attached hydrogens (tertiary/aromatic N) is 3. The first-order valence-corrected chi connectivity index (χ1v) is 15.7. The van der Waals surface area contributed by atoms with E-state index >= 15 is 0 Å². The Kier molecular flexibility index (Phi) is 14.2. The second-order valence-electron chi connectivity index (χ2n) is 10.7. The SMILES string of the molecule is C=C(/C=C\C=C/N)N(CCC(=O)OCC)C(=O)c1ccc2c(c1)nc(CNc1ccc(C(=N)NC(=O)OCCCCCC)cc1)n2C. The van der Waals surface area contributed by atoms with Gasteiger partial charge < -0.3 is 30.0 Å². The Morgan fingerprint density at radius 3 is 2.49 bits per heavy atom. The number of nitrogens with one attached hydrogen (secondary N) is 3. The van der Waals surface area contributed by atoms with Gasteiger partial charge in [0, 0.05) is 36.1 Å². The molecular formula is C35H45N7O5. The summed E-state index contributed by atoms with van der Waals surface area (Å²) in [5.74, 6) is -0.0283. The molecule has 5 N–H and O–H groups in total. The van der Waals surface area contributed by atoms with Gasteiger partial charge in [-0.3, -0.25) is 20.3 Å². The van der Waals surface area contributed by atoms with Crippen molar-refractivity contribution in [1.29, 1.82) is 5.41 Å². The van der Waals surface area contributed by atoms with E-state index in [0.29, 0.717) is 35.5 Å². The molecule has 12 heteroatoms. The van der Waals surface area contributed by atoms with E-state index in [1.54, 1.807) is 49.4 Å². The molecular weight excluding hydrogens is 598 g/mol. The number of hydrogen-bond donors (Lipinski definition) is 4. The van der Waals surface area contributed by atoms with Gasteiger partial charge in [0.1, 0.15) is 11.7 Å². The first-order valence-electron chi connectivity index (χ1n) is 15.7. The molecule has 1 heterocycles. The van der Waals surface area contributed by atoms with E-state index in [1.165, 1.54) is 11.1 Å². The molecule has 0 radical (unpaired) electrons. The number of hydrogen-bond acceptors (Lipinski definition) is 9. The zero-order valence-corrected chi connectivity index (χ0v) is 27.4. The average Bonchev–Trinajstić information content (AvgIpc) is 3.38. The number of carbonyl (C=O) groups is 3. The topological polar surface area (TPSA) is 165 Å². The van der Waals surface area contributed by atoms with Gasteiger partial charge >= 0.3 is 12.1 Å². The van der Waals surface area contributed by atoms with Crippen molar-refractivity contribution in [2.75, 3.05) is 25.1 Å². The van der Waals surface area contributed by atoms with Crippen molar-refractivity contribution in [2.45, 2.75) is 52.5 Å². The summed E-state index contributed by atoms with van der Waals surface area (Å²) >= 11 is 0. The normalized spacial score (nSPS) is 11.1. The van der Waals surface area contributed by atoms with Crippen molar-refractivity contribution >= 4 is 40.5 Å². The fraction of sp³-hybridized carbons (Fsp3) is 0.343. The maximum Gasteiger partial charge on any atom is 0.412 e. The molecule has 0 unspecified atom stereocenters. The monoisotopic (exact) mass is 643 g/mol. The number of fused-ring (bicyclic) bond motifs is 1. The lowest BCUT2D eigenvalue weighted by Crippen LogP contribution is -2.31. The molecule has 0 saturated carbocycles. The number of nitrogens with two attached hydrogens (primary N) is 1. The average molecular weight is 644 g/mol. The highest BCUT2D eigenvalue weighted by molar-refractivity contribution is 6.04. The van der Waals surface area contributed by atoms with Crippen LogP contribution in [0.15, 0.2) is 79.2 Å². The molecule has 2 amide bonds. The predicted molar refractivity (Wildman–Crippen MR) is 184 cm³/mol. The molecule has 250 valence electrons. The fourth-order valence-corrected chi connectivity index (χ4v) is 4.67. The van der Waals surface area contributed by atoms with Crippen LogP contribution in [0.2, 0.25) is 0 Å². The maximum absolute atomic E-state index is 13.6. The summed E-state index contributed by atoms with van der Waals surface area (Å²) in [5.41, 5.74) is 9.04. The summed E-state index contributed by atoms with van der Waals surface area (Å²) in [6.07, 6.45) is 9.69. The van der Waals surface area contributed by atoms with Crippen LogP contribution in [0, 0.1) is 5.41 Å². The van der Waals surface area contributed by atoms with E-state index in [0.717, 1.165) is 42.7 Å². The number of esters is 1. The first kappa shape index (κ1) is 36.1. The molecule has 0 saturated heterocycles. The Morgan fingerprint density at radius 1 is 1.04 bits per heavy atom. The van der Waals surface area contributed by atoms with Gasteiger partial charge in [-0.25, -0.2) is 9.78 Å². The van der Waals surface area contributed by atoms with Crippen molar-refractivity contribution in [3.63, 3.8) is 0 Å². The number of benzene rings is 2. The molecule has 0 aliphatic heterocycles. The van der Waals surface area contributed by atoms with Crippen LogP contribution < -0.4 is 16.4 Å². The Morgan fingerprint density at radius 2 is 1.79 bits per heavy atom. The smallest absolute Gasteiger partial charge is 0.412 e. The van der Waals surface area contributed by atoms with Crippen LogP contribution in [0.4, 0.5) is 10.5 Å². The van der Waals surface area contributed by atoms with Gasteiger partial charge in [-0.15, -0.1) is 0 Å². The van der Waals surface area contributed by atoms with E-state index in [2.05, 4.69) is 24.1 Å². The lowest BCUT2D eigenvalue weighted by atomic mass is 10.1. The highest BCUT2D eigenvalue weighted by Gasteiger charge is 2.20. The minimum atomic E-state index is -0.633. The Labute approximate surface area is 275 Å². The molecule has 0 fully saturated rings. The van der Waals surface area contributed by atoms with Gasteiger partial charge in [0.15, 0.2) is 0 Å². The van der Waals surface area contributed by atoms with E-state index < -0.39 is 12.1 Å². The first-order chi connectivity index (χ1) is 22.7. The highest BCUT2D eigenvalue weighted by Crippen LogP contribution is 2.21. The molecule has 3 rings (SSSR count). The summed E-state index contributed by atoms with van der Waals surface area (Å²) < 4.78 is 12.1. The Balaban J connectivity index is 1.65. The van der Waals surface area contributed by atoms with Crippen LogP contribution in [0.3, 0.4) is 0 Å². The van der Waals surface area contributed by atoms with Crippen molar-refractivity contribution in [3.05, 3.63) is 96.1 Å². The number of carbonyl (C=O) groups excluding carboxylic acids is 3. The van der Waals surface area contributed by atoms with Crippen LogP contribution in [0.1, 0.15) is 67.7 Å². The predicted octanol–water partition coefficient (Wildman–Crippen LogP) is 5.75. The number of imidazole rings is 1. The molecule has 2 aromatic carbocycles. The minimum absolute atomic E-state index is 0.0190. The number of allylic oxidation sites excluding steroid dienone is 3. The third-order valence-corrected chi connectivity index (χ3v) is 7.25. The third-order valence-electron chi connectivity index (χ3n) is 7.25. The van der Waals surface area contributed by atoms with Crippen LogP contribution >= 0.6 is 0 Å². The van der Waals surface area contributed by atoms with Crippen molar-refractivity contribution in [1.82, 2.24) is 19.8 Å². The largest absolute Gasteiger partial charge is 0.466 e. The Hall–Kier alpha value is -5.39. The number of unbranched alkanes of at least 4 members (excludes halogenated alkanes) is 3. The molecule has 3 aromatic rings. The van der Waals surface area contributed by atoms with Crippen molar-refractivity contribution in [2.24, 2.45) is 12.8 Å². The number of anilines is 1. The summed E-state index contributed by atoms with van der Waals surface area (Å²) in [7, 11) is 1.90. The van der Waals surface area contributed by atoms with Gasteiger partial charge in [0.05, 0.1) is 37.2 Å².